The maximum Gasteiger partial charge on any atom is 0.202 e. The molecule has 0 bridgehead atoms. The number of ketones is 2. The van der Waals surface area contributed by atoms with E-state index in [4.69, 9.17) is 19.9 Å². The Labute approximate surface area is 223 Å². The second kappa shape index (κ2) is 9.82. The van der Waals surface area contributed by atoms with E-state index in [1.165, 1.54) is 25.3 Å². The molecule has 0 aromatic heterocycles. The summed E-state index contributed by atoms with van der Waals surface area (Å²) in [6.45, 7) is 0.768. The zero-order valence-electron chi connectivity index (χ0n) is 21.3. The minimum Gasteiger partial charge on any atom is -0.507 e. The molecule has 1 fully saturated rings. The van der Waals surface area contributed by atoms with Crippen molar-refractivity contribution in [3.8, 4) is 17.2 Å². The lowest BCUT2D eigenvalue weighted by Crippen LogP contribution is -2.53. The average molecular weight is 546 g/mol. The number of aliphatic hydroxyl groups is 4. The molecule has 8 N–H and O–H groups in total. The summed E-state index contributed by atoms with van der Waals surface area (Å²) in [6, 6.07) is 3.69. The van der Waals surface area contributed by atoms with Crippen LogP contribution in [0, 0.1) is 0 Å². The average Bonchev–Trinajstić information content (AvgIpc) is 2.90. The number of phenols is 2. The van der Waals surface area contributed by atoms with Crippen LogP contribution < -0.4 is 10.5 Å². The van der Waals surface area contributed by atoms with E-state index in [-0.39, 0.29) is 40.8 Å². The van der Waals surface area contributed by atoms with Gasteiger partial charge in [-0.2, -0.15) is 0 Å². The van der Waals surface area contributed by atoms with Crippen LogP contribution in [-0.2, 0) is 15.9 Å². The molecule has 0 amide bonds. The van der Waals surface area contributed by atoms with Gasteiger partial charge in [-0.25, -0.2) is 0 Å². The molecule has 1 heterocycles. The SMILES string of the molecule is COc1cccc2c1C(=O)c1c(O)c3c(c(O)c1C2=O)CC(O)(C(O)CO)CC3O[C@H]1C[C@H](N)[C@H](O)[C@H](C)O1. The highest BCUT2D eigenvalue weighted by atomic mass is 16.7. The number of aliphatic hydroxyl groups excluding tert-OH is 3. The summed E-state index contributed by atoms with van der Waals surface area (Å²) in [6.07, 6.45) is -6.45. The minimum atomic E-state index is -2.05. The van der Waals surface area contributed by atoms with Gasteiger partial charge in [0.1, 0.15) is 23.4 Å². The number of phenolic OH excluding ortho intramolecular Hbond substituents is 2. The summed E-state index contributed by atoms with van der Waals surface area (Å²) < 4.78 is 17.1. The second-order valence-electron chi connectivity index (χ2n) is 10.3. The summed E-state index contributed by atoms with van der Waals surface area (Å²) in [5.74, 6) is -2.68. The van der Waals surface area contributed by atoms with Crippen LogP contribution in [0.15, 0.2) is 18.2 Å². The number of aromatic hydroxyl groups is 2. The Morgan fingerprint density at radius 2 is 1.85 bits per heavy atom. The lowest BCUT2D eigenvalue weighted by molar-refractivity contribution is -0.251. The van der Waals surface area contributed by atoms with E-state index in [1.54, 1.807) is 6.92 Å². The third-order valence-corrected chi connectivity index (χ3v) is 7.97. The van der Waals surface area contributed by atoms with Crippen molar-refractivity contribution in [2.75, 3.05) is 13.7 Å². The Morgan fingerprint density at radius 1 is 1.15 bits per heavy atom. The molecule has 7 atom stereocenters. The van der Waals surface area contributed by atoms with Crippen LogP contribution in [-0.4, -0.2) is 92.2 Å². The Balaban J connectivity index is 1.68. The number of methoxy groups -OCH3 is 1. The van der Waals surface area contributed by atoms with Crippen molar-refractivity contribution in [3.05, 3.63) is 51.6 Å². The fourth-order valence-electron chi connectivity index (χ4n) is 5.84. The maximum absolute atomic E-state index is 13.7. The van der Waals surface area contributed by atoms with Gasteiger partial charge in [0.2, 0.25) is 5.78 Å². The van der Waals surface area contributed by atoms with E-state index in [9.17, 15) is 40.2 Å². The van der Waals surface area contributed by atoms with Crippen molar-refractivity contribution in [3.63, 3.8) is 0 Å². The van der Waals surface area contributed by atoms with Crippen LogP contribution in [0.3, 0.4) is 0 Å². The standard InChI is InChI=1S/C27H31NO11/c1-10-22(31)13(28)6-17(38-10)39-15-8-27(36,16(30)9-29)7-12-19(15)26(35)21-20(24(12)33)23(32)11-4-3-5-14(37-2)18(11)25(21)34/h3-5,10,13,15-17,22,29-31,33,35-36H,6-9,28H2,1-2H3/t10-,13-,15?,16?,17-,22+,27?/m0/s1. The zero-order valence-corrected chi connectivity index (χ0v) is 21.3. The van der Waals surface area contributed by atoms with Crippen molar-refractivity contribution in [2.24, 2.45) is 5.73 Å². The van der Waals surface area contributed by atoms with Gasteiger partial charge in [-0.3, -0.25) is 9.59 Å². The number of hydrogen-bond donors (Lipinski definition) is 7. The van der Waals surface area contributed by atoms with Gasteiger partial charge < -0.3 is 50.6 Å². The van der Waals surface area contributed by atoms with E-state index in [2.05, 4.69) is 0 Å². The quantitative estimate of drug-likeness (QED) is 0.208. The molecular formula is C27H31NO11. The van der Waals surface area contributed by atoms with Gasteiger partial charge >= 0.3 is 0 Å². The Morgan fingerprint density at radius 3 is 2.49 bits per heavy atom. The molecule has 12 heteroatoms. The smallest absolute Gasteiger partial charge is 0.202 e. The van der Waals surface area contributed by atoms with Crippen molar-refractivity contribution in [1.82, 2.24) is 0 Å². The van der Waals surface area contributed by atoms with Gasteiger partial charge in [-0.15, -0.1) is 0 Å². The van der Waals surface area contributed by atoms with E-state index in [0.717, 1.165) is 0 Å². The number of nitrogens with two attached hydrogens (primary N) is 1. The molecule has 5 rings (SSSR count). The lowest BCUT2D eigenvalue weighted by atomic mass is 9.71. The van der Waals surface area contributed by atoms with Crippen LogP contribution in [0.5, 0.6) is 17.2 Å². The number of ether oxygens (including phenoxy) is 3. The van der Waals surface area contributed by atoms with Gasteiger partial charge in [0, 0.05) is 42.0 Å². The first-order valence-corrected chi connectivity index (χ1v) is 12.6. The lowest BCUT2D eigenvalue weighted by Gasteiger charge is -2.44. The van der Waals surface area contributed by atoms with Gasteiger partial charge in [0.05, 0.1) is 54.3 Å². The molecule has 2 aliphatic carbocycles. The normalized spacial score (nSPS) is 30.8. The molecule has 3 aliphatic rings. The fourth-order valence-corrected chi connectivity index (χ4v) is 5.84. The summed E-state index contributed by atoms with van der Waals surface area (Å²) in [7, 11) is 1.33. The molecule has 0 saturated carbocycles. The van der Waals surface area contributed by atoms with E-state index < -0.39 is 89.6 Å². The Hall–Kier alpha value is -3.10. The molecule has 12 nitrogen and oxygen atoms in total. The summed E-state index contributed by atoms with van der Waals surface area (Å²) in [5.41, 5.74) is 2.77. The van der Waals surface area contributed by atoms with Gasteiger partial charge in [-0.1, -0.05) is 12.1 Å². The molecule has 0 radical (unpaired) electrons. The topological polar surface area (TPSA) is 209 Å². The molecule has 3 unspecified atom stereocenters. The second-order valence-corrected chi connectivity index (χ2v) is 10.3. The molecule has 2 aromatic carbocycles. The highest BCUT2D eigenvalue weighted by Crippen LogP contribution is 2.52. The Bertz CT molecular complexity index is 1330. The van der Waals surface area contributed by atoms with E-state index in [1.807, 2.05) is 0 Å². The van der Waals surface area contributed by atoms with Crippen molar-refractivity contribution in [1.29, 1.82) is 0 Å². The number of benzene rings is 2. The maximum atomic E-state index is 13.7. The number of hydrogen-bond acceptors (Lipinski definition) is 12. The predicted octanol–water partition coefficient (Wildman–Crippen LogP) is -0.207. The van der Waals surface area contributed by atoms with E-state index in [0.29, 0.717) is 0 Å². The first-order chi connectivity index (χ1) is 18.4. The first-order valence-electron chi connectivity index (χ1n) is 12.6. The summed E-state index contributed by atoms with van der Waals surface area (Å²) in [4.78, 5) is 27.2. The molecule has 0 spiro atoms. The number of rotatable bonds is 5. The third kappa shape index (κ3) is 4.19. The van der Waals surface area contributed by atoms with Gasteiger partial charge in [-0.05, 0) is 13.0 Å². The van der Waals surface area contributed by atoms with Crippen LogP contribution >= 0.6 is 0 Å². The minimum absolute atomic E-state index is 0.0343. The highest BCUT2D eigenvalue weighted by molar-refractivity contribution is 6.31. The van der Waals surface area contributed by atoms with Crippen LogP contribution in [0.1, 0.15) is 68.8 Å². The number of carbonyl (C=O) groups excluding carboxylic acids is 2. The third-order valence-electron chi connectivity index (χ3n) is 7.97. The molecule has 1 saturated heterocycles. The fraction of sp³-hybridized carbons (Fsp3) is 0.481. The molecular weight excluding hydrogens is 514 g/mol. The molecule has 1 aliphatic heterocycles. The number of fused-ring (bicyclic) bond motifs is 3. The van der Waals surface area contributed by atoms with Crippen molar-refractivity contribution >= 4 is 11.6 Å². The van der Waals surface area contributed by atoms with Crippen LogP contribution in [0.2, 0.25) is 0 Å². The number of carbonyl (C=O) groups is 2. The highest BCUT2D eigenvalue weighted by Gasteiger charge is 2.50. The first kappa shape index (κ1) is 27.5. The zero-order chi connectivity index (χ0) is 28.4. The molecule has 39 heavy (non-hydrogen) atoms. The monoisotopic (exact) mass is 545 g/mol. The Kier molecular flexibility index (Phi) is 6.92. The molecule has 210 valence electrons. The largest absolute Gasteiger partial charge is 0.507 e. The van der Waals surface area contributed by atoms with Gasteiger partial charge in [0.15, 0.2) is 12.1 Å². The van der Waals surface area contributed by atoms with E-state index >= 15 is 0 Å². The summed E-state index contributed by atoms with van der Waals surface area (Å²) in [5, 5.41) is 64.4. The van der Waals surface area contributed by atoms with Crippen LogP contribution in [0.25, 0.3) is 0 Å². The predicted molar refractivity (Wildman–Crippen MR) is 133 cm³/mol. The summed E-state index contributed by atoms with van der Waals surface area (Å²) >= 11 is 0. The van der Waals surface area contributed by atoms with Crippen molar-refractivity contribution < 1.29 is 54.4 Å². The van der Waals surface area contributed by atoms with Gasteiger partial charge in [0.25, 0.3) is 0 Å². The molecule has 2 aromatic rings. The van der Waals surface area contributed by atoms with Crippen molar-refractivity contribution in [2.45, 2.75) is 68.5 Å². The van der Waals surface area contributed by atoms with Crippen LogP contribution in [0.4, 0.5) is 0 Å².